The summed E-state index contributed by atoms with van der Waals surface area (Å²) in [5.41, 5.74) is 2.11. The molecule has 1 heterocycles. The topological polar surface area (TPSA) is 92.7 Å². The molecule has 3 rings (SSSR count). The van der Waals surface area contributed by atoms with Crippen molar-refractivity contribution in [3.05, 3.63) is 53.7 Å². The molecule has 0 amide bonds. The standard InChI is InChI=1S/C22H30N4O3S/c1-23-22(24-14-13-17-7-10-20(11-8-17)30(2,27)28)26-16-18-9-12-21(25-15-18)29-19-5-3-4-6-19/h7-12,15,19H,3-6,13-14,16H2,1-2H3,(H2,23,24,26). The highest BCUT2D eigenvalue weighted by Gasteiger charge is 2.16. The number of pyridine rings is 1. The number of aliphatic imine (C=N–C) groups is 1. The van der Waals surface area contributed by atoms with E-state index in [1.807, 2.05) is 30.5 Å². The van der Waals surface area contributed by atoms with Gasteiger partial charge in [0.15, 0.2) is 15.8 Å². The summed E-state index contributed by atoms with van der Waals surface area (Å²) < 4.78 is 28.9. The first-order valence-electron chi connectivity index (χ1n) is 10.3. The maximum absolute atomic E-state index is 11.5. The van der Waals surface area contributed by atoms with Gasteiger partial charge in [0.2, 0.25) is 5.88 Å². The number of sulfone groups is 1. The fourth-order valence-electron chi connectivity index (χ4n) is 3.40. The largest absolute Gasteiger partial charge is 0.474 e. The first-order chi connectivity index (χ1) is 14.4. The quantitative estimate of drug-likeness (QED) is 0.494. The predicted octanol–water partition coefficient (Wildman–Crippen LogP) is 2.71. The van der Waals surface area contributed by atoms with Crippen LogP contribution in [0.3, 0.4) is 0 Å². The molecule has 2 N–H and O–H groups in total. The molecule has 162 valence electrons. The van der Waals surface area contributed by atoms with Gasteiger partial charge in [-0.25, -0.2) is 13.4 Å². The average molecular weight is 431 g/mol. The second-order valence-electron chi connectivity index (χ2n) is 7.55. The van der Waals surface area contributed by atoms with Gasteiger partial charge in [-0.3, -0.25) is 4.99 Å². The van der Waals surface area contributed by atoms with Crippen molar-refractivity contribution >= 4 is 15.8 Å². The molecule has 1 aromatic carbocycles. The highest BCUT2D eigenvalue weighted by molar-refractivity contribution is 7.90. The highest BCUT2D eigenvalue weighted by Crippen LogP contribution is 2.22. The Morgan fingerprint density at radius 1 is 1.10 bits per heavy atom. The lowest BCUT2D eigenvalue weighted by Crippen LogP contribution is -2.37. The molecule has 1 aromatic heterocycles. The normalized spacial score (nSPS) is 15.2. The van der Waals surface area contributed by atoms with E-state index in [-0.39, 0.29) is 0 Å². The second kappa shape index (κ2) is 10.4. The molecule has 0 atom stereocenters. The third-order valence-electron chi connectivity index (χ3n) is 5.13. The van der Waals surface area contributed by atoms with Crippen molar-refractivity contribution in [2.75, 3.05) is 19.8 Å². The molecule has 1 aliphatic carbocycles. The lowest BCUT2D eigenvalue weighted by atomic mass is 10.1. The summed E-state index contributed by atoms with van der Waals surface area (Å²) in [6, 6.07) is 10.9. The van der Waals surface area contributed by atoms with Gasteiger partial charge < -0.3 is 15.4 Å². The molecule has 0 saturated heterocycles. The molecule has 8 heteroatoms. The van der Waals surface area contributed by atoms with Crippen LogP contribution in [0.1, 0.15) is 36.8 Å². The van der Waals surface area contributed by atoms with Crippen molar-refractivity contribution in [1.82, 2.24) is 15.6 Å². The molecule has 0 bridgehead atoms. The second-order valence-corrected chi connectivity index (χ2v) is 9.56. The van der Waals surface area contributed by atoms with Gasteiger partial charge in [0.25, 0.3) is 0 Å². The first kappa shape index (κ1) is 22.1. The molecular formula is C22H30N4O3S. The summed E-state index contributed by atoms with van der Waals surface area (Å²) >= 11 is 0. The van der Waals surface area contributed by atoms with Crippen molar-refractivity contribution in [2.45, 2.75) is 49.6 Å². The zero-order valence-corrected chi connectivity index (χ0v) is 18.4. The summed E-state index contributed by atoms with van der Waals surface area (Å²) in [4.78, 5) is 8.98. The smallest absolute Gasteiger partial charge is 0.213 e. The van der Waals surface area contributed by atoms with Crippen molar-refractivity contribution in [3.8, 4) is 5.88 Å². The van der Waals surface area contributed by atoms with Crippen LogP contribution < -0.4 is 15.4 Å². The van der Waals surface area contributed by atoms with Crippen LogP contribution in [-0.2, 0) is 22.8 Å². The van der Waals surface area contributed by atoms with Crippen LogP contribution in [0.2, 0.25) is 0 Å². The fraction of sp³-hybridized carbons (Fsp3) is 0.455. The number of nitrogens with zero attached hydrogens (tertiary/aromatic N) is 2. The molecule has 1 aliphatic rings. The van der Waals surface area contributed by atoms with Gasteiger partial charge in [-0.1, -0.05) is 18.2 Å². The Hall–Kier alpha value is -2.61. The van der Waals surface area contributed by atoms with E-state index in [0.29, 0.717) is 35.9 Å². The maximum atomic E-state index is 11.5. The molecule has 30 heavy (non-hydrogen) atoms. The Bertz CT molecular complexity index is 935. The number of guanidine groups is 1. The van der Waals surface area contributed by atoms with Gasteiger partial charge in [0.1, 0.15) is 6.10 Å². The van der Waals surface area contributed by atoms with Gasteiger partial charge >= 0.3 is 0 Å². The Morgan fingerprint density at radius 2 is 1.80 bits per heavy atom. The van der Waals surface area contributed by atoms with E-state index in [2.05, 4.69) is 20.6 Å². The molecule has 1 fully saturated rings. The summed E-state index contributed by atoms with van der Waals surface area (Å²) in [5.74, 6) is 1.39. The summed E-state index contributed by atoms with van der Waals surface area (Å²) in [6.45, 7) is 1.30. The molecule has 7 nitrogen and oxygen atoms in total. The number of hydrogen-bond donors (Lipinski definition) is 2. The average Bonchev–Trinajstić information content (AvgIpc) is 3.24. The third kappa shape index (κ3) is 6.73. The molecule has 1 saturated carbocycles. The summed E-state index contributed by atoms with van der Waals surface area (Å²) in [6.07, 6.45) is 8.84. The van der Waals surface area contributed by atoms with E-state index in [9.17, 15) is 8.42 Å². The molecule has 0 unspecified atom stereocenters. The molecular weight excluding hydrogens is 400 g/mol. The van der Waals surface area contributed by atoms with Crippen LogP contribution in [0.4, 0.5) is 0 Å². The van der Waals surface area contributed by atoms with Gasteiger partial charge in [-0.2, -0.15) is 0 Å². The minimum atomic E-state index is -3.16. The van der Waals surface area contributed by atoms with Gasteiger partial charge in [-0.15, -0.1) is 0 Å². The third-order valence-corrected chi connectivity index (χ3v) is 6.26. The zero-order chi connectivity index (χ0) is 21.4. The maximum Gasteiger partial charge on any atom is 0.213 e. The highest BCUT2D eigenvalue weighted by atomic mass is 32.2. The van der Waals surface area contributed by atoms with E-state index in [4.69, 9.17) is 4.74 Å². The van der Waals surface area contributed by atoms with Crippen molar-refractivity contribution in [3.63, 3.8) is 0 Å². The molecule has 0 spiro atoms. The van der Waals surface area contributed by atoms with Crippen LogP contribution >= 0.6 is 0 Å². The number of ether oxygens (including phenoxy) is 1. The van der Waals surface area contributed by atoms with E-state index in [0.717, 1.165) is 30.4 Å². The SMILES string of the molecule is CN=C(NCCc1ccc(S(C)(=O)=O)cc1)NCc1ccc(OC2CCCC2)nc1. The van der Waals surface area contributed by atoms with Crippen LogP contribution in [0.5, 0.6) is 5.88 Å². The number of nitrogens with one attached hydrogen (secondary N) is 2. The Kier molecular flexibility index (Phi) is 7.68. The number of rotatable bonds is 8. The van der Waals surface area contributed by atoms with Crippen LogP contribution in [0.15, 0.2) is 52.5 Å². The molecule has 0 radical (unpaired) electrons. The minimum absolute atomic E-state index is 0.312. The van der Waals surface area contributed by atoms with E-state index in [1.165, 1.54) is 19.1 Å². The van der Waals surface area contributed by atoms with E-state index >= 15 is 0 Å². The van der Waals surface area contributed by atoms with E-state index < -0.39 is 9.84 Å². The number of benzene rings is 1. The monoisotopic (exact) mass is 430 g/mol. The van der Waals surface area contributed by atoms with Crippen molar-refractivity contribution in [1.29, 1.82) is 0 Å². The molecule has 2 aromatic rings. The van der Waals surface area contributed by atoms with Crippen LogP contribution in [0, 0.1) is 0 Å². The molecule has 0 aliphatic heterocycles. The fourth-order valence-corrected chi connectivity index (χ4v) is 4.03. The predicted molar refractivity (Wildman–Crippen MR) is 119 cm³/mol. The Labute approximate surface area is 178 Å². The van der Waals surface area contributed by atoms with Crippen LogP contribution in [0.25, 0.3) is 0 Å². The first-order valence-corrected chi connectivity index (χ1v) is 12.2. The van der Waals surface area contributed by atoms with E-state index in [1.54, 1.807) is 19.2 Å². The Morgan fingerprint density at radius 3 is 2.40 bits per heavy atom. The summed E-state index contributed by atoms with van der Waals surface area (Å²) in [7, 11) is -1.43. The van der Waals surface area contributed by atoms with Crippen molar-refractivity contribution in [2.24, 2.45) is 4.99 Å². The number of hydrogen-bond acceptors (Lipinski definition) is 5. The lowest BCUT2D eigenvalue weighted by molar-refractivity contribution is 0.201. The Balaban J connectivity index is 1.41. The van der Waals surface area contributed by atoms with Crippen molar-refractivity contribution < 1.29 is 13.2 Å². The van der Waals surface area contributed by atoms with Gasteiger partial charge in [0.05, 0.1) is 4.90 Å². The number of aromatic nitrogens is 1. The lowest BCUT2D eigenvalue weighted by Gasteiger charge is -2.13. The van der Waals surface area contributed by atoms with Crippen LogP contribution in [-0.4, -0.2) is 45.3 Å². The summed E-state index contributed by atoms with van der Waals surface area (Å²) in [5, 5.41) is 6.54. The van der Waals surface area contributed by atoms with Gasteiger partial charge in [0, 0.05) is 38.7 Å². The zero-order valence-electron chi connectivity index (χ0n) is 17.6. The van der Waals surface area contributed by atoms with Gasteiger partial charge in [-0.05, 0) is 55.4 Å². The minimum Gasteiger partial charge on any atom is -0.474 e.